The van der Waals surface area contributed by atoms with Gasteiger partial charge in [0.1, 0.15) is 11.3 Å². The largest absolute Gasteiger partial charge is 0.493 e. The third-order valence-corrected chi connectivity index (χ3v) is 5.59. The van der Waals surface area contributed by atoms with Crippen LogP contribution in [0.2, 0.25) is 0 Å². The Bertz CT molecular complexity index is 1200. The van der Waals surface area contributed by atoms with Gasteiger partial charge in [-0.3, -0.25) is 9.20 Å². The van der Waals surface area contributed by atoms with E-state index in [1.807, 2.05) is 16.7 Å². The van der Waals surface area contributed by atoms with E-state index < -0.39 is 11.5 Å². The number of fused-ring (bicyclic) bond motifs is 5. The Morgan fingerprint density at radius 3 is 2.62 bits per heavy atom. The second-order valence-corrected chi connectivity index (χ2v) is 8.29. The van der Waals surface area contributed by atoms with Gasteiger partial charge in [0.05, 0.1) is 25.6 Å². The number of nitrogens with zero attached hydrogens (tertiary/aromatic N) is 2. The molecule has 29 heavy (non-hydrogen) atoms. The van der Waals surface area contributed by atoms with E-state index in [1.165, 1.54) is 6.07 Å². The lowest BCUT2D eigenvalue weighted by Gasteiger charge is -2.35. The summed E-state index contributed by atoms with van der Waals surface area (Å²) < 4.78 is 12.9. The molecule has 8 nitrogen and oxygen atoms in total. The zero-order chi connectivity index (χ0) is 21.1. The van der Waals surface area contributed by atoms with Gasteiger partial charge < -0.3 is 19.6 Å². The van der Waals surface area contributed by atoms with Crippen LogP contribution in [0.15, 0.2) is 23.1 Å². The van der Waals surface area contributed by atoms with E-state index >= 15 is 0 Å². The predicted octanol–water partition coefficient (Wildman–Crippen LogP) is 3.09. The molecule has 1 atom stereocenters. The monoisotopic (exact) mass is 397 g/mol. The zero-order valence-corrected chi connectivity index (χ0v) is 17.0. The van der Waals surface area contributed by atoms with E-state index in [4.69, 9.17) is 14.5 Å². The Kier molecular flexibility index (Phi) is 4.18. The molecule has 3 aromatic heterocycles. The molecule has 0 amide bonds. The molecule has 0 aliphatic heterocycles. The number of aromatic amines is 1. The summed E-state index contributed by atoms with van der Waals surface area (Å²) in [7, 11) is 3.12. The van der Waals surface area contributed by atoms with Crippen molar-refractivity contribution in [3.05, 3.63) is 45.5 Å². The molecule has 2 N–H and O–H groups in total. The Hall–Kier alpha value is -3.29. The van der Waals surface area contributed by atoms with Crippen LogP contribution in [0.1, 0.15) is 48.3 Å². The molecule has 0 radical (unpaired) electrons. The molecule has 0 bridgehead atoms. The van der Waals surface area contributed by atoms with Crippen molar-refractivity contribution in [2.75, 3.05) is 14.2 Å². The van der Waals surface area contributed by atoms with E-state index in [0.717, 1.165) is 11.3 Å². The highest BCUT2D eigenvalue weighted by atomic mass is 16.5. The first-order valence-corrected chi connectivity index (χ1v) is 9.30. The number of carboxylic acid groups (broad SMARTS) is 1. The van der Waals surface area contributed by atoms with Crippen LogP contribution in [-0.4, -0.2) is 39.7 Å². The smallest absolute Gasteiger partial charge is 0.341 e. The number of methoxy groups -OCH3 is 2. The third kappa shape index (κ3) is 2.78. The van der Waals surface area contributed by atoms with Gasteiger partial charge in [-0.2, -0.15) is 0 Å². The second kappa shape index (κ2) is 6.37. The molecular formula is C21H23N3O5. The van der Waals surface area contributed by atoms with E-state index in [2.05, 4.69) is 25.8 Å². The fourth-order valence-corrected chi connectivity index (χ4v) is 4.11. The van der Waals surface area contributed by atoms with Crippen molar-refractivity contribution in [3.8, 4) is 22.9 Å². The highest BCUT2D eigenvalue weighted by molar-refractivity contribution is 5.88. The average Bonchev–Trinajstić information content (AvgIpc) is 3.03. The predicted molar refractivity (Wildman–Crippen MR) is 107 cm³/mol. The Balaban J connectivity index is 2.08. The van der Waals surface area contributed by atoms with E-state index in [0.29, 0.717) is 35.0 Å². The van der Waals surface area contributed by atoms with Crippen LogP contribution >= 0.6 is 0 Å². The van der Waals surface area contributed by atoms with Gasteiger partial charge in [-0.05, 0) is 29.4 Å². The van der Waals surface area contributed by atoms with E-state index in [9.17, 15) is 14.7 Å². The second-order valence-electron chi connectivity index (χ2n) is 8.29. The van der Waals surface area contributed by atoms with E-state index in [-0.39, 0.29) is 16.9 Å². The lowest BCUT2D eigenvalue weighted by molar-refractivity contribution is 0.0694. The summed E-state index contributed by atoms with van der Waals surface area (Å²) in [6.45, 7) is 6.31. The number of aromatic nitrogens is 3. The summed E-state index contributed by atoms with van der Waals surface area (Å²) in [6.07, 6.45) is 2.52. The van der Waals surface area contributed by atoms with Crippen LogP contribution < -0.4 is 15.0 Å². The molecule has 1 aliphatic rings. The Morgan fingerprint density at radius 2 is 2.03 bits per heavy atom. The van der Waals surface area contributed by atoms with Crippen molar-refractivity contribution >= 4 is 11.6 Å². The molecule has 3 aromatic rings. The fourth-order valence-electron chi connectivity index (χ4n) is 4.11. The van der Waals surface area contributed by atoms with Crippen LogP contribution in [0.25, 0.3) is 17.0 Å². The molecule has 0 saturated carbocycles. The van der Waals surface area contributed by atoms with Crippen molar-refractivity contribution in [1.29, 1.82) is 0 Å². The zero-order valence-electron chi connectivity index (χ0n) is 17.0. The maximum absolute atomic E-state index is 12.4. The van der Waals surface area contributed by atoms with Gasteiger partial charge >= 0.3 is 5.97 Å². The number of ether oxygens (including phenoxy) is 2. The molecule has 0 spiro atoms. The first kappa shape index (κ1) is 19.0. The highest BCUT2D eigenvalue weighted by Crippen LogP contribution is 2.47. The van der Waals surface area contributed by atoms with Gasteiger partial charge in [0.15, 0.2) is 11.4 Å². The molecular weight excluding hydrogens is 374 g/mol. The van der Waals surface area contributed by atoms with Crippen molar-refractivity contribution in [2.24, 2.45) is 5.41 Å². The van der Waals surface area contributed by atoms with Gasteiger partial charge in [0.25, 0.3) is 5.56 Å². The lowest BCUT2D eigenvalue weighted by Crippen LogP contribution is -2.29. The van der Waals surface area contributed by atoms with Crippen molar-refractivity contribution in [1.82, 2.24) is 14.4 Å². The molecule has 3 heterocycles. The number of imidazole rings is 1. The topological polar surface area (TPSA) is 106 Å². The minimum atomic E-state index is -1.24. The third-order valence-electron chi connectivity index (χ3n) is 5.59. The SMILES string of the molecule is COc1ccn2c3c(nc2c1OC)-c1[nH]c(=O)c(C(=O)O)cc1C(C(C)(C)C)C3. The number of aromatic carboxylic acids is 1. The van der Waals surface area contributed by atoms with Crippen LogP contribution in [0.4, 0.5) is 0 Å². The summed E-state index contributed by atoms with van der Waals surface area (Å²) >= 11 is 0. The maximum Gasteiger partial charge on any atom is 0.341 e. The number of nitrogens with one attached hydrogen (secondary N) is 1. The molecule has 0 fully saturated rings. The van der Waals surface area contributed by atoms with Gasteiger partial charge in [-0.25, -0.2) is 9.78 Å². The Labute approximate surface area is 167 Å². The van der Waals surface area contributed by atoms with Crippen LogP contribution in [0.5, 0.6) is 11.5 Å². The first-order chi connectivity index (χ1) is 13.7. The number of rotatable bonds is 3. The van der Waals surface area contributed by atoms with E-state index in [1.54, 1.807) is 14.2 Å². The number of carboxylic acids is 1. The normalized spacial score (nSPS) is 15.7. The van der Waals surface area contributed by atoms with Crippen molar-refractivity contribution < 1.29 is 19.4 Å². The van der Waals surface area contributed by atoms with Crippen LogP contribution in [-0.2, 0) is 6.42 Å². The quantitative estimate of drug-likeness (QED) is 0.703. The van der Waals surface area contributed by atoms with Crippen LogP contribution in [0.3, 0.4) is 0 Å². The molecule has 0 saturated heterocycles. The lowest BCUT2D eigenvalue weighted by atomic mass is 9.70. The molecule has 152 valence electrons. The molecule has 0 aromatic carbocycles. The molecule has 8 heteroatoms. The molecule has 1 unspecified atom stereocenters. The average molecular weight is 397 g/mol. The number of hydrogen-bond donors (Lipinski definition) is 2. The van der Waals surface area contributed by atoms with Gasteiger partial charge in [-0.15, -0.1) is 0 Å². The first-order valence-electron chi connectivity index (χ1n) is 9.30. The maximum atomic E-state index is 12.4. The van der Waals surface area contributed by atoms with Crippen molar-refractivity contribution in [3.63, 3.8) is 0 Å². The number of hydrogen-bond acceptors (Lipinski definition) is 5. The van der Waals surface area contributed by atoms with Gasteiger partial charge in [0.2, 0.25) is 5.75 Å². The summed E-state index contributed by atoms with van der Waals surface area (Å²) in [5.74, 6) is -0.186. The Morgan fingerprint density at radius 1 is 1.31 bits per heavy atom. The van der Waals surface area contributed by atoms with Gasteiger partial charge in [-0.1, -0.05) is 20.8 Å². The highest BCUT2D eigenvalue weighted by Gasteiger charge is 2.37. The number of H-pyrrole nitrogens is 1. The fraction of sp³-hybridized carbons (Fsp3) is 0.381. The van der Waals surface area contributed by atoms with Gasteiger partial charge in [0, 0.05) is 12.3 Å². The van der Waals surface area contributed by atoms with Crippen LogP contribution in [0, 0.1) is 5.41 Å². The van der Waals surface area contributed by atoms with Crippen molar-refractivity contribution in [2.45, 2.75) is 33.1 Å². The standard InChI is InChI=1S/C21H23N3O5/c1-21(2,3)12-9-13-16(15-10(12)8-11(20(26)27)19(25)23-15)22-18-17(29-5)14(28-4)6-7-24(13)18/h6-8,12H,9H2,1-5H3,(H,23,25)(H,26,27). The summed E-state index contributed by atoms with van der Waals surface area (Å²) in [5, 5.41) is 9.42. The minimum absolute atomic E-state index is 0.00653. The minimum Gasteiger partial charge on any atom is -0.493 e. The summed E-state index contributed by atoms with van der Waals surface area (Å²) in [6, 6.07) is 3.31. The summed E-state index contributed by atoms with van der Waals surface area (Å²) in [5.41, 5.74) is 2.43. The molecule has 4 rings (SSSR count). The number of carbonyl (C=O) groups is 1. The number of pyridine rings is 2. The molecule has 1 aliphatic carbocycles. The summed E-state index contributed by atoms with van der Waals surface area (Å²) in [4.78, 5) is 31.5.